The maximum absolute atomic E-state index is 12.2. The lowest BCUT2D eigenvalue weighted by atomic mass is 9.86. The van der Waals surface area contributed by atoms with Crippen molar-refractivity contribution in [3.8, 4) is 0 Å². The van der Waals surface area contributed by atoms with Crippen molar-refractivity contribution < 1.29 is 9.21 Å². The molecule has 0 aliphatic heterocycles. The molecular weight excluding hydrogens is 268 g/mol. The summed E-state index contributed by atoms with van der Waals surface area (Å²) in [6.45, 7) is 2.18. The van der Waals surface area contributed by atoms with Crippen LogP contribution in [0.1, 0.15) is 32.6 Å². The SMILES string of the molecule is C[C@@H]1CCCC[C@@H]1NC(=O)Cn1c(=O)oc2ccccc21. The Morgan fingerprint density at radius 2 is 2.10 bits per heavy atom. The predicted molar refractivity (Wildman–Crippen MR) is 80.0 cm³/mol. The number of nitrogens with one attached hydrogen (secondary N) is 1. The summed E-state index contributed by atoms with van der Waals surface area (Å²) in [7, 11) is 0. The summed E-state index contributed by atoms with van der Waals surface area (Å²) in [5.74, 6) is -0.106. The molecule has 21 heavy (non-hydrogen) atoms. The van der Waals surface area contributed by atoms with Crippen molar-refractivity contribution in [1.82, 2.24) is 9.88 Å². The second kappa shape index (κ2) is 5.76. The van der Waals surface area contributed by atoms with E-state index in [-0.39, 0.29) is 18.5 Å². The van der Waals surface area contributed by atoms with Crippen LogP contribution < -0.4 is 11.1 Å². The first-order chi connectivity index (χ1) is 10.1. The van der Waals surface area contributed by atoms with E-state index in [0.29, 0.717) is 17.0 Å². The second-order valence-corrected chi connectivity index (χ2v) is 5.86. The van der Waals surface area contributed by atoms with E-state index in [1.807, 2.05) is 6.07 Å². The van der Waals surface area contributed by atoms with Crippen LogP contribution in [-0.4, -0.2) is 16.5 Å². The minimum absolute atomic E-state index is 0.0130. The molecule has 1 N–H and O–H groups in total. The van der Waals surface area contributed by atoms with E-state index in [2.05, 4.69) is 12.2 Å². The molecule has 0 saturated heterocycles. The van der Waals surface area contributed by atoms with Crippen molar-refractivity contribution in [2.24, 2.45) is 5.92 Å². The Morgan fingerprint density at radius 3 is 2.90 bits per heavy atom. The smallest absolute Gasteiger partial charge is 0.408 e. The lowest BCUT2D eigenvalue weighted by Gasteiger charge is -2.29. The van der Waals surface area contributed by atoms with Gasteiger partial charge >= 0.3 is 5.76 Å². The number of hydrogen-bond acceptors (Lipinski definition) is 3. The van der Waals surface area contributed by atoms with Crippen molar-refractivity contribution >= 4 is 17.0 Å². The van der Waals surface area contributed by atoms with Gasteiger partial charge in [-0.15, -0.1) is 0 Å². The average Bonchev–Trinajstić information content (AvgIpc) is 2.78. The van der Waals surface area contributed by atoms with Crippen LogP contribution in [0.15, 0.2) is 33.5 Å². The maximum Gasteiger partial charge on any atom is 0.420 e. The summed E-state index contributed by atoms with van der Waals surface area (Å²) in [6, 6.07) is 7.37. The van der Waals surface area contributed by atoms with Crippen LogP contribution in [0.5, 0.6) is 0 Å². The quantitative estimate of drug-likeness (QED) is 0.942. The summed E-state index contributed by atoms with van der Waals surface area (Å²) >= 11 is 0. The molecule has 1 aromatic heterocycles. The fraction of sp³-hybridized carbons (Fsp3) is 0.500. The van der Waals surface area contributed by atoms with Crippen LogP contribution in [0.4, 0.5) is 0 Å². The van der Waals surface area contributed by atoms with Gasteiger partial charge in [-0.05, 0) is 30.9 Å². The molecule has 1 aromatic carbocycles. The molecule has 1 aliphatic carbocycles. The largest absolute Gasteiger partial charge is 0.420 e. The first-order valence-corrected chi connectivity index (χ1v) is 7.53. The lowest BCUT2D eigenvalue weighted by Crippen LogP contribution is -2.43. The molecule has 0 spiro atoms. The van der Waals surface area contributed by atoms with Gasteiger partial charge in [-0.3, -0.25) is 9.36 Å². The van der Waals surface area contributed by atoms with E-state index in [1.54, 1.807) is 18.2 Å². The predicted octanol–water partition coefficient (Wildman–Crippen LogP) is 2.29. The third kappa shape index (κ3) is 2.86. The van der Waals surface area contributed by atoms with Crippen LogP contribution in [0.3, 0.4) is 0 Å². The van der Waals surface area contributed by atoms with Crippen molar-refractivity contribution in [2.45, 2.75) is 45.2 Å². The minimum Gasteiger partial charge on any atom is -0.408 e. The zero-order valence-electron chi connectivity index (χ0n) is 12.2. The van der Waals surface area contributed by atoms with E-state index in [1.165, 1.54) is 11.0 Å². The molecule has 5 heteroatoms. The van der Waals surface area contributed by atoms with Gasteiger partial charge in [0.15, 0.2) is 5.58 Å². The van der Waals surface area contributed by atoms with Crippen LogP contribution in [0.2, 0.25) is 0 Å². The number of rotatable bonds is 3. The standard InChI is InChI=1S/C16H20N2O3/c1-11-6-2-3-7-12(11)17-15(19)10-18-13-8-4-5-9-14(13)21-16(18)20/h4-5,8-9,11-12H,2-3,6-7,10H2,1H3,(H,17,19)/t11-,12+/m1/s1. The minimum atomic E-state index is -0.483. The number of aromatic nitrogens is 1. The number of oxazole rings is 1. The highest BCUT2D eigenvalue weighted by atomic mass is 16.4. The molecule has 2 atom stereocenters. The third-order valence-corrected chi connectivity index (χ3v) is 4.33. The van der Waals surface area contributed by atoms with E-state index >= 15 is 0 Å². The first kappa shape index (κ1) is 13.9. The lowest BCUT2D eigenvalue weighted by molar-refractivity contribution is -0.123. The molecular formula is C16H20N2O3. The molecule has 1 aliphatic rings. The second-order valence-electron chi connectivity index (χ2n) is 5.86. The van der Waals surface area contributed by atoms with Crippen molar-refractivity contribution in [3.05, 3.63) is 34.8 Å². The number of carbonyl (C=O) groups excluding carboxylic acids is 1. The molecule has 0 radical (unpaired) electrons. The van der Waals surface area contributed by atoms with E-state index < -0.39 is 5.76 Å². The van der Waals surface area contributed by atoms with Crippen molar-refractivity contribution in [2.75, 3.05) is 0 Å². The molecule has 5 nitrogen and oxygen atoms in total. The maximum atomic E-state index is 12.2. The average molecular weight is 288 g/mol. The fourth-order valence-electron chi connectivity index (χ4n) is 3.09. The molecule has 2 aromatic rings. The van der Waals surface area contributed by atoms with Gasteiger partial charge in [0.05, 0.1) is 5.52 Å². The first-order valence-electron chi connectivity index (χ1n) is 7.53. The highest BCUT2D eigenvalue weighted by molar-refractivity contribution is 5.79. The van der Waals surface area contributed by atoms with Gasteiger partial charge in [-0.1, -0.05) is 31.9 Å². The highest BCUT2D eigenvalue weighted by Crippen LogP contribution is 2.23. The Balaban J connectivity index is 1.74. The van der Waals surface area contributed by atoms with Gasteiger partial charge in [0.25, 0.3) is 0 Å². The van der Waals surface area contributed by atoms with Crippen LogP contribution in [0, 0.1) is 5.92 Å². The molecule has 1 heterocycles. The van der Waals surface area contributed by atoms with E-state index in [0.717, 1.165) is 19.3 Å². The Hall–Kier alpha value is -2.04. The van der Waals surface area contributed by atoms with Gasteiger partial charge in [0.1, 0.15) is 6.54 Å². The van der Waals surface area contributed by atoms with Gasteiger partial charge in [-0.25, -0.2) is 4.79 Å². The number of fused-ring (bicyclic) bond motifs is 1. The normalized spacial score (nSPS) is 22.3. The Kier molecular flexibility index (Phi) is 3.82. The Labute approximate surface area is 122 Å². The van der Waals surface area contributed by atoms with Crippen LogP contribution in [-0.2, 0) is 11.3 Å². The fourth-order valence-corrected chi connectivity index (χ4v) is 3.09. The van der Waals surface area contributed by atoms with Crippen molar-refractivity contribution in [1.29, 1.82) is 0 Å². The number of hydrogen-bond donors (Lipinski definition) is 1. The number of amides is 1. The zero-order valence-corrected chi connectivity index (χ0v) is 12.2. The summed E-state index contributed by atoms with van der Waals surface area (Å²) in [6.07, 6.45) is 4.57. The molecule has 1 amide bonds. The van der Waals surface area contributed by atoms with E-state index in [4.69, 9.17) is 4.42 Å². The van der Waals surface area contributed by atoms with Crippen molar-refractivity contribution in [3.63, 3.8) is 0 Å². The molecule has 1 saturated carbocycles. The van der Waals surface area contributed by atoms with E-state index in [9.17, 15) is 9.59 Å². The third-order valence-electron chi connectivity index (χ3n) is 4.33. The van der Waals surface area contributed by atoms with Gasteiger partial charge in [0.2, 0.25) is 5.91 Å². The van der Waals surface area contributed by atoms with Gasteiger partial charge in [-0.2, -0.15) is 0 Å². The Bertz CT molecular complexity index is 701. The zero-order chi connectivity index (χ0) is 14.8. The monoisotopic (exact) mass is 288 g/mol. The highest BCUT2D eigenvalue weighted by Gasteiger charge is 2.23. The summed E-state index contributed by atoms with van der Waals surface area (Å²) in [4.78, 5) is 24.1. The number of nitrogens with zero attached hydrogens (tertiary/aromatic N) is 1. The molecule has 3 rings (SSSR count). The topological polar surface area (TPSA) is 64.2 Å². The number of carbonyl (C=O) groups is 1. The van der Waals surface area contributed by atoms with Gasteiger partial charge < -0.3 is 9.73 Å². The summed E-state index contributed by atoms with van der Waals surface area (Å²) in [5.41, 5.74) is 1.18. The Morgan fingerprint density at radius 1 is 1.33 bits per heavy atom. The molecule has 112 valence electrons. The molecule has 1 fully saturated rings. The number of para-hydroxylation sites is 2. The summed E-state index contributed by atoms with van der Waals surface area (Å²) in [5, 5.41) is 3.06. The molecule has 0 unspecified atom stereocenters. The summed E-state index contributed by atoms with van der Waals surface area (Å²) < 4.78 is 6.53. The van der Waals surface area contributed by atoms with Crippen LogP contribution >= 0.6 is 0 Å². The molecule has 0 bridgehead atoms. The van der Waals surface area contributed by atoms with Crippen LogP contribution in [0.25, 0.3) is 11.1 Å². The van der Waals surface area contributed by atoms with Gasteiger partial charge in [0, 0.05) is 6.04 Å². The number of benzene rings is 1.